The van der Waals surface area contributed by atoms with Crippen molar-refractivity contribution >= 4 is 11.9 Å². The highest BCUT2D eigenvalue weighted by Gasteiger charge is 2.18. The molecule has 2 atom stereocenters. The molecule has 0 heterocycles. The van der Waals surface area contributed by atoms with Crippen LogP contribution >= 0.6 is 0 Å². The largest absolute Gasteiger partial charge is 0.466 e. The van der Waals surface area contributed by atoms with Gasteiger partial charge in [0.2, 0.25) is 5.91 Å². The van der Waals surface area contributed by atoms with E-state index in [0.717, 1.165) is 44.9 Å². The lowest BCUT2D eigenvalue weighted by Crippen LogP contribution is -2.45. The standard InChI is InChI=1S/C66H127NO5/c1-3-5-7-9-11-13-15-16-35-39-42-46-50-54-58-64(69)63(62-68)67-65(70)59-55-51-47-43-40-36-33-31-29-27-25-23-21-19-17-18-20-22-24-26-28-30-32-34-37-41-45-49-53-57-61-72-66(71)60-56-52-48-44-38-14-12-10-8-6-4-2/h10,12,54,58,63-64,68-69H,3-9,11,13-53,55-57,59-62H2,1-2H3,(H,67,70)/b12-10-,58-54+. The number of allylic oxidation sites excluding steroid dienone is 3. The molecule has 72 heavy (non-hydrogen) atoms. The van der Waals surface area contributed by atoms with Crippen LogP contribution in [0.4, 0.5) is 0 Å². The van der Waals surface area contributed by atoms with Gasteiger partial charge in [-0.15, -0.1) is 0 Å². The minimum atomic E-state index is -0.841. The molecule has 0 spiro atoms. The zero-order valence-corrected chi connectivity index (χ0v) is 48.7. The predicted molar refractivity (Wildman–Crippen MR) is 315 cm³/mol. The molecule has 0 saturated carbocycles. The number of rotatable bonds is 61. The summed E-state index contributed by atoms with van der Waals surface area (Å²) in [5.74, 6) is -0.0536. The molecule has 6 nitrogen and oxygen atoms in total. The molecular formula is C66H127NO5. The third-order valence-electron chi connectivity index (χ3n) is 15.2. The van der Waals surface area contributed by atoms with Crippen molar-refractivity contribution in [1.29, 1.82) is 0 Å². The molecule has 3 N–H and O–H groups in total. The minimum Gasteiger partial charge on any atom is -0.466 e. The zero-order valence-electron chi connectivity index (χ0n) is 48.7. The molecule has 0 aromatic carbocycles. The molecule has 0 fully saturated rings. The molecule has 0 bridgehead atoms. The first-order valence-electron chi connectivity index (χ1n) is 32.6. The minimum absolute atomic E-state index is 0.00886. The van der Waals surface area contributed by atoms with Crippen LogP contribution in [0.1, 0.15) is 361 Å². The number of ether oxygens (including phenoxy) is 1. The second-order valence-corrected chi connectivity index (χ2v) is 22.5. The summed E-state index contributed by atoms with van der Waals surface area (Å²) in [5.41, 5.74) is 0. The molecule has 0 aliphatic carbocycles. The average Bonchev–Trinajstić information content (AvgIpc) is 3.38. The molecule has 0 aliphatic heterocycles. The Balaban J connectivity index is 3.34. The van der Waals surface area contributed by atoms with Gasteiger partial charge in [-0.3, -0.25) is 9.59 Å². The topological polar surface area (TPSA) is 95.9 Å². The van der Waals surface area contributed by atoms with Crippen molar-refractivity contribution in [2.45, 2.75) is 373 Å². The quantitative estimate of drug-likeness (QED) is 0.0320. The Morgan fingerprint density at radius 1 is 0.375 bits per heavy atom. The highest BCUT2D eigenvalue weighted by atomic mass is 16.5. The Kier molecular flexibility index (Phi) is 60.5. The Labute approximate surface area is 450 Å². The van der Waals surface area contributed by atoms with Gasteiger partial charge in [-0.2, -0.15) is 0 Å². The first kappa shape index (κ1) is 70.3. The van der Waals surface area contributed by atoms with Gasteiger partial charge in [-0.05, 0) is 51.4 Å². The van der Waals surface area contributed by atoms with Crippen LogP contribution in [0.15, 0.2) is 24.3 Å². The fourth-order valence-corrected chi connectivity index (χ4v) is 10.2. The fraction of sp³-hybridized carbons (Fsp3) is 0.909. The number of esters is 1. The maximum atomic E-state index is 12.5. The third kappa shape index (κ3) is 57.6. The van der Waals surface area contributed by atoms with E-state index in [-0.39, 0.29) is 18.5 Å². The SMILES string of the molecule is CCCC/C=C\CCCCCCCC(=O)OCCCCCCCCCCCCCCCCCCCCCCCCCCCCCCCCC(=O)NC(CO)C(O)/C=C/CCCCCCCCCCCCCC. The van der Waals surface area contributed by atoms with Gasteiger partial charge >= 0.3 is 5.97 Å². The van der Waals surface area contributed by atoms with Crippen molar-refractivity contribution in [1.82, 2.24) is 5.32 Å². The normalized spacial score (nSPS) is 12.7. The van der Waals surface area contributed by atoms with Crippen LogP contribution in [-0.4, -0.2) is 47.4 Å². The van der Waals surface area contributed by atoms with Crippen molar-refractivity contribution < 1.29 is 24.5 Å². The molecule has 6 heteroatoms. The second-order valence-electron chi connectivity index (χ2n) is 22.5. The zero-order chi connectivity index (χ0) is 52.2. The third-order valence-corrected chi connectivity index (χ3v) is 15.2. The summed E-state index contributed by atoms with van der Waals surface area (Å²) in [6, 6.07) is -0.624. The number of aliphatic hydroxyl groups excluding tert-OH is 2. The molecule has 0 aliphatic rings. The molecule has 0 saturated heterocycles. The van der Waals surface area contributed by atoms with Crippen molar-refractivity contribution in [2.75, 3.05) is 13.2 Å². The number of carbonyl (C=O) groups is 2. The highest BCUT2D eigenvalue weighted by molar-refractivity contribution is 5.76. The van der Waals surface area contributed by atoms with Crippen LogP contribution in [0.25, 0.3) is 0 Å². The van der Waals surface area contributed by atoms with Crippen molar-refractivity contribution in [3.05, 3.63) is 24.3 Å². The second kappa shape index (κ2) is 61.9. The average molecular weight is 1010 g/mol. The predicted octanol–water partition coefficient (Wildman–Crippen LogP) is 20.6. The van der Waals surface area contributed by atoms with E-state index >= 15 is 0 Å². The summed E-state index contributed by atoms with van der Waals surface area (Å²) >= 11 is 0. The van der Waals surface area contributed by atoms with Gasteiger partial charge < -0.3 is 20.3 Å². The Bertz CT molecular complexity index is 1120. The van der Waals surface area contributed by atoms with Gasteiger partial charge in [0, 0.05) is 12.8 Å². The van der Waals surface area contributed by atoms with Crippen molar-refractivity contribution in [2.24, 2.45) is 0 Å². The van der Waals surface area contributed by atoms with Crippen LogP contribution < -0.4 is 5.32 Å². The molecule has 2 unspecified atom stereocenters. The molecule has 0 rings (SSSR count). The lowest BCUT2D eigenvalue weighted by molar-refractivity contribution is -0.143. The fourth-order valence-electron chi connectivity index (χ4n) is 10.2. The van der Waals surface area contributed by atoms with Crippen molar-refractivity contribution in [3.8, 4) is 0 Å². The number of nitrogens with one attached hydrogen (secondary N) is 1. The van der Waals surface area contributed by atoms with Crippen LogP contribution in [0.3, 0.4) is 0 Å². The number of unbranched alkanes of at least 4 members (excludes halogenated alkanes) is 48. The summed E-state index contributed by atoms with van der Waals surface area (Å²) in [5, 5.41) is 23.1. The number of carbonyl (C=O) groups excluding carboxylic acids is 2. The van der Waals surface area contributed by atoms with E-state index in [0.29, 0.717) is 19.4 Å². The van der Waals surface area contributed by atoms with Crippen LogP contribution in [0, 0.1) is 0 Å². The maximum Gasteiger partial charge on any atom is 0.305 e. The Morgan fingerprint density at radius 3 is 1.03 bits per heavy atom. The van der Waals surface area contributed by atoms with Crippen LogP contribution in [-0.2, 0) is 14.3 Å². The summed E-state index contributed by atoms with van der Waals surface area (Å²) in [6.45, 7) is 4.89. The summed E-state index contributed by atoms with van der Waals surface area (Å²) in [7, 11) is 0. The number of amides is 1. The molecule has 0 aromatic rings. The summed E-state index contributed by atoms with van der Waals surface area (Å²) < 4.78 is 5.47. The highest BCUT2D eigenvalue weighted by Crippen LogP contribution is 2.18. The van der Waals surface area contributed by atoms with Gasteiger partial charge in [0.05, 0.1) is 25.4 Å². The summed E-state index contributed by atoms with van der Waals surface area (Å²) in [4.78, 5) is 24.5. The molecule has 426 valence electrons. The van der Waals surface area contributed by atoms with E-state index < -0.39 is 12.1 Å². The van der Waals surface area contributed by atoms with E-state index in [2.05, 4.69) is 31.3 Å². The number of hydrogen-bond acceptors (Lipinski definition) is 5. The van der Waals surface area contributed by atoms with Gasteiger partial charge in [-0.25, -0.2) is 0 Å². The monoisotopic (exact) mass is 1010 g/mol. The Hall–Kier alpha value is -1.66. The van der Waals surface area contributed by atoms with Gasteiger partial charge in [0.1, 0.15) is 0 Å². The van der Waals surface area contributed by atoms with E-state index in [4.69, 9.17) is 4.74 Å². The Morgan fingerprint density at radius 2 is 0.667 bits per heavy atom. The van der Waals surface area contributed by atoms with E-state index in [9.17, 15) is 19.8 Å². The number of hydrogen-bond donors (Lipinski definition) is 3. The van der Waals surface area contributed by atoms with E-state index in [1.165, 1.54) is 289 Å². The van der Waals surface area contributed by atoms with Crippen molar-refractivity contribution in [3.63, 3.8) is 0 Å². The lowest BCUT2D eigenvalue weighted by Gasteiger charge is -2.20. The summed E-state index contributed by atoms with van der Waals surface area (Å²) in [6.07, 6.45) is 76.7. The maximum absolute atomic E-state index is 12.5. The van der Waals surface area contributed by atoms with E-state index in [1.54, 1.807) is 6.08 Å². The molecular weight excluding hydrogens is 887 g/mol. The molecule has 1 amide bonds. The smallest absolute Gasteiger partial charge is 0.305 e. The number of aliphatic hydroxyl groups is 2. The molecule has 0 aromatic heterocycles. The first-order chi connectivity index (χ1) is 35.5. The van der Waals surface area contributed by atoms with Gasteiger partial charge in [0.25, 0.3) is 0 Å². The molecule has 0 radical (unpaired) electrons. The lowest BCUT2D eigenvalue weighted by atomic mass is 10.0. The first-order valence-corrected chi connectivity index (χ1v) is 32.6. The van der Waals surface area contributed by atoms with Gasteiger partial charge in [-0.1, -0.05) is 321 Å². The van der Waals surface area contributed by atoms with E-state index in [1.807, 2.05) is 6.08 Å². The van der Waals surface area contributed by atoms with Crippen LogP contribution in [0.2, 0.25) is 0 Å². The van der Waals surface area contributed by atoms with Gasteiger partial charge in [0.15, 0.2) is 0 Å². The van der Waals surface area contributed by atoms with Crippen LogP contribution in [0.5, 0.6) is 0 Å².